The van der Waals surface area contributed by atoms with E-state index >= 15 is 0 Å². The van der Waals surface area contributed by atoms with E-state index in [2.05, 4.69) is 10.5 Å². The molecule has 1 aromatic rings. The van der Waals surface area contributed by atoms with Crippen molar-refractivity contribution in [3.8, 4) is 0 Å². The third-order valence-corrected chi connectivity index (χ3v) is 4.02. The second-order valence-corrected chi connectivity index (χ2v) is 5.73. The molecule has 0 bridgehead atoms. The summed E-state index contributed by atoms with van der Waals surface area (Å²) in [5.74, 6) is 1.45. The molecule has 1 heterocycles. The van der Waals surface area contributed by atoms with E-state index < -0.39 is 0 Å². The van der Waals surface area contributed by atoms with E-state index in [1.165, 1.54) is 12.8 Å². The molecule has 104 valence electrons. The molecule has 3 rings (SSSR count). The van der Waals surface area contributed by atoms with Crippen LogP contribution in [0.25, 0.3) is 0 Å². The van der Waals surface area contributed by atoms with Gasteiger partial charge in [-0.1, -0.05) is 11.6 Å². The van der Waals surface area contributed by atoms with Crippen LogP contribution in [0.3, 0.4) is 0 Å². The van der Waals surface area contributed by atoms with Crippen molar-refractivity contribution < 1.29 is 14.4 Å². The summed E-state index contributed by atoms with van der Waals surface area (Å²) in [6.07, 6.45) is 5.24. The van der Waals surface area contributed by atoms with Crippen LogP contribution in [0, 0.1) is 5.92 Å². The van der Waals surface area contributed by atoms with Gasteiger partial charge in [0.15, 0.2) is 0 Å². The highest BCUT2D eigenvalue weighted by molar-refractivity contribution is 5.78. The minimum atomic E-state index is -0.321. The number of nitrogens with one attached hydrogen (secondary N) is 1. The normalized spacial score (nSPS) is 27.2. The van der Waals surface area contributed by atoms with Gasteiger partial charge in [-0.2, -0.15) is 0 Å². The van der Waals surface area contributed by atoms with E-state index in [0.717, 1.165) is 30.7 Å². The molecular weight excluding hydrogens is 244 g/mol. The Morgan fingerprint density at radius 1 is 1.42 bits per heavy atom. The molecule has 1 amide bonds. The Balaban J connectivity index is 1.48. The van der Waals surface area contributed by atoms with Crippen molar-refractivity contribution >= 4 is 5.91 Å². The molecule has 5 heteroatoms. The number of aliphatic hydroxyl groups excluding tert-OH is 1. The molecule has 2 fully saturated rings. The molecule has 19 heavy (non-hydrogen) atoms. The summed E-state index contributed by atoms with van der Waals surface area (Å²) < 4.78 is 5.24. The Kier molecular flexibility index (Phi) is 3.55. The molecule has 0 aliphatic heterocycles. The molecule has 5 nitrogen and oxygen atoms in total. The van der Waals surface area contributed by atoms with Gasteiger partial charge in [0, 0.05) is 17.9 Å². The molecule has 2 atom stereocenters. The third kappa shape index (κ3) is 3.15. The first kappa shape index (κ1) is 12.7. The lowest BCUT2D eigenvalue weighted by Gasteiger charge is -2.24. The molecule has 2 aliphatic carbocycles. The van der Waals surface area contributed by atoms with Crippen molar-refractivity contribution in [1.82, 2.24) is 10.5 Å². The predicted molar refractivity (Wildman–Crippen MR) is 68.3 cm³/mol. The second kappa shape index (κ2) is 5.33. The first-order chi connectivity index (χ1) is 9.22. The lowest BCUT2D eigenvalue weighted by atomic mass is 9.87. The van der Waals surface area contributed by atoms with Gasteiger partial charge in [0.25, 0.3) is 0 Å². The number of rotatable bonds is 4. The van der Waals surface area contributed by atoms with Gasteiger partial charge in [-0.25, -0.2) is 0 Å². The van der Waals surface area contributed by atoms with Gasteiger partial charge in [-0.3, -0.25) is 4.79 Å². The van der Waals surface area contributed by atoms with Gasteiger partial charge in [0.05, 0.1) is 12.6 Å². The standard InChI is InChI=1S/C14H20N2O3/c17-12-3-1-2-10(6-12)14(18)15-8-11-7-13(19-16-11)9-4-5-9/h7,9-10,12,17H,1-6,8H2,(H,15,18)/t10-,12+/m0/s1. The van der Waals surface area contributed by atoms with Gasteiger partial charge < -0.3 is 14.9 Å². The predicted octanol–water partition coefficient (Wildman–Crippen LogP) is 1.72. The van der Waals surface area contributed by atoms with Crippen LogP contribution in [0.4, 0.5) is 0 Å². The van der Waals surface area contributed by atoms with Crippen LogP contribution in [0.2, 0.25) is 0 Å². The maximum absolute atomic E-state index is 12.0. The monoisotopic (exact) mass is 264 g/mol. The molecule has 0 unspecified atom stereocenters. The van der Waals surface area contributed by atoms with Gasteiger partial charge in [0.2, 0.25) is 5.91 Å². The smallest absolute Gasteiger partial charge is 0.223 e. The number of hydrogen-bond acceptors (Lipinski definition) is 4. The van der Waals surface area contributed by atoms with E-state index in [1.54, 1.807) is 0 Å². The topological polar surface area (TPSA) is 75.4 Å². The van der Waals surface area contributed by atoms with Crippen molar-refractivity contribution in [3.05, 3.63) is 17.5 Å². The summed E-state index contributed by atoms with van der Waals surface area (Å²) in [6, 6.07) is 1.94. The Labute approximate surface area is 112 Å². The molecule has 0 spiro atoms. The fourth-order valence-electron chi connectivity index (χ4n) is 2.70. The molecule has 0 aromatic carbocycles. The van der Waals surface area contributed by atoms with Gasteiger partial charge in [0.1, 0.15) is 11.5 Å². The van der Waals surface area contributed by atoms with E-state index in [9.17, 15) is 9.90 Å². The molecule has 0 saturated heterocycles. The Bertz CT molecular complexity index is 453. The molecule has 1 aromatic heterocycles. The molecule has 0 radical (unpaired) electrons. The van der Waals surface area contributed by atoms with Gasteiger partial charge >= 0.3 is 0 Å². The highest BCUT2D eigenvalue weighted by atomic mass is 16.5. The maximum Gasteiger partial charge on any atom is 0.223 e. The number of aromatic nitrogens is 1. The average Bonchev–Trinajstić information content (AvgIpc) is 3.15. The fourth-order valence-corrected chi connectivity index (χ4v) is 2.70. The SMILES string of the molecule is O=C(NCc1cc(C2CC2)on1)[C@H]1CCC[C@@H](O)C1. The van der Waals surface area contributed by atoms with Crippen LogP contribution in [0.15, 0.2) is 10.6 Å². The second-order valence-electron chi connectivity index (χ2n) is 5.73. The van der Waals surface area contributed by atoms with Crippen LogP contribution in [0.5, 0.6) is 0 Å². The summed E-state index contributed by atoms with van der Waals surface area (Å²) in [5.41, 5.74) is 0.784. The lowest BCUT2D eigenvalue weighted by Crippen LogP contribution is -2.34. The Morgan fingerprint density at radius 2 is 2.26 bits per heavy atom. The van der Waals surface area contributed by atoms with Crippen LogP contribution < -0.4 is 5.32 Å². The molecule has 2 aliphatic rings. The van der Waals surface area contributed by atoms with Crippen molar-refractivity contribution in [1.29, 1.82) is 0 Å². The Hall–Kier alpha value is -1.36. The van der Waals surface area contributed by atoms with E-state index in [4.69, 9.17) is 4.52 Å². The summed E-state index contributed by atoms with van der Waals surface area (Å²) in [4.78, 5) is 12.0. The number of carbonyl (C=O) groups excluding carboxylic acids is 1. The zero-order chi connectivity index (χ0) is 13.2. The highest BCUT2D eigenvalue weighted by Gasteiger charge is 2.28. The first-order valence-electron chi connectivity index (χ1n) is 7.13. The summed E-state index contributed by atoms with van der Waals surface area (Å²) >= 11 is 0. The molecule has 2 saturated carbocycles. The molecule has 2 N–H and O–H groups in total. The highest BCUT2D eigenvalue weighted by Crippen LogP contribution is 2.40. The zero-order valence-electron chi connectivity index (χ0n) is 11.0. The largest absolute Gasteiger partial charge is 0.393 e. The first-order valence-corrected chi connectivity index (χ1v) is 7.13. The number of aliphatic hydroxyl groups is 1. The van der Waals surface area contributed by atoms with E-state index in [-0.39, 0.29) is 17.9 Å². The number of hydrogen-bond donors (Lipinski definition) is 2. The number of nitrogens with zero attached hydrogens (tertiary/aromatic N) is 1. The van der Waals surface area contributed by atoms with Crippen LogP contribution in [-0.4, -0.2) is 22.3 Å². The van der Waals surface area contributed by atoms with Crippen molar-refractivity contribution in [2.75, 3.05) is 0 Å². The van der Waals surface area contributed by atoms with Gasteiger partial charge in [-0.15, -0.1) is 0 Å². The van der Waals surface area contributed by atoms with Crippen molar-refractivity contribution in [2.45, 2.75) is 57.1 Å². The minimum absolute atomic E-state index is 0.0229. The quantitative estimate of drug-likeness (QED) is 0.868. The minimum Gasteiger partial charge on any atom is -0.393 e. The van der Waals surface area contributed by atoms with Crippen LogP contribution >= 0.6 is 0 Å². The van der Waals surface area contributed by atoms with Crippen LogP contribution in [0.1, 0.15) is 55.9 Å². The summed E-state index contributed by atoms with van der Waals surface area (Å²) in [5, 5.41) is 16.4. The number of amides is 1. The van der Waals surface area contributed by atoms with Crippen LogP contribution in [-0.2, 0) is 11.3 Å². The third-order valence-electron chi connectivity index (χ3n) is 4.02. The summed E-state index contributed by atoms with van der Waals surface area (Å²) in [7, 11) is 0. The van der Waals surface area contributed by atoms with Crippen molar-refractivity contribution in [3.63, 3.8) is 0 Å². The van der Waals surface area contributed by atoms with Gasteiger partial charge in [-0.05, 0) is 32.1 Å². The summed E-state index contributed by atoms with van der Waals surface area (Å²) in [6.45, 7) is 0.418. The van der Waals surface area contributed by atoms with Crippen molar-refractivity contribution in [2.24, 2.45) is 5.92 Å². The Morgan fingerprint density at radius 3 is 3.00 bits per heavy atom. The maximum atomic E-state index is 12.0. The fraction of sp³-hybridized carbons (Fsp3) is 0.714. The lowest BCUT2D eigenvalue weighted by molar-refractivity contribution is -0.127. The average molecular weight is 264 g/mol. The number of carbonyl (C=O) groups is 1. The van der Waals surface area contributed by atoms with E-state index in [0.29, 0.717) is 18.9 Å². The zero-order valence-corrected chi connectivity index (χ0v) is 11.0. The van der Waals surface area contributed by atoms with E-state index in [1.807, 2.05) is 6.07 Å². The molecular formula is C14H20N2O3.